The largest absolute Gasteiger partial charge is 0.337 e. The highest BCUT2D eigenvalue weighted by Crippen LogP contribution is 2.34. The molecule has 184 valence electrons. The van der Waals surface area contributed by atoms with E-state index in [2.05, 4.69) is 21.4 Å². The summed E-state index contributed by atoms with van der Waals surface area (Å²) in [5, 5.41) is 3.31. The number of nitrogens with zero attached hydrogens (tertiary/aromatic N) is 3. The number of aromatic nitrogens is 2. The number of amides is 4. The van der Waals surface area contributed by atoms with Crippen LogP contribution in [-0.2, 0) is 16.1 Å². The number of rotatable bonds is 3. The van der Waals surface area contributed by atoms with Crippen molar-refractivity contribution >= 4 is 34.7 Å². The number of piperidine rings is 2. The summed E-state index contributed by atoms with van der Waals surface area (Å²) in [4.78, 5) is 61.0. The first-order chi connectivity index (χ1) is 17.4. The summed E-state index contributed by atoms with van der Waals surface area (Å²) >= 11 is 0. The van der Waals surface area contributed by atoms with Crippen molar-refractivity contribution in [3.05, 3.63) is 64.5 Å². The minimum atomic E-state index is -0.608. The highest BCUT2D eigenvalue weighted by molar-refractivity contribution is 6.05. The number of fused-ring (bicyclic) bond motifs is 2. The first kappa shape index (κ1) is 22.5. The second-order valence-electron chi connectivity index (χ2n) is 9.91. The number of carbonyl (C=O) groups is 4. The minimum absolute atomic E-state index is 0.00313. The Balaban J connectivity index is 1.13. The van der Waals surface area contributed by atoms with Gasteiger partial charge >= 0.3 is 0 Å². The molecule has 3 aromatic rings. The molecule has 1 aromatic carbocycles. The Labute approximate surface area is 207 Å². The molecule has 4 amide bonds. The van der Waals surface area contributed by atoms with Crippen LogP contribution in [0.5, 0.6) is 0 Å². The first-order valence-corrected chi connectivity index (χ1v) is 12.4. The summed E-state index contributed by atoms with van der Waals surface area (Å²) in [5.41, 5.74) is 4.96. The van der Waals surface area contributed by atoms with Crippen LogP contribution >= 0.6 is 0 Å². The van der Waals surface area contributed by atoms with Gasteiger partial charge in [-0.2, -0.15) is 0 Å². The van der Waals surface area contributed by atoms with Gasteiger partial charge in [0.25, 0.3) is 11.8 Å². The third-order valence-electron chi connectivity index (χ3n) is 7.85. The van der Waals surface area contributed by atoms with E-state index in [1.165, 1.54) is 0 Å². The SMILES string of the molecule is Cc1c(C(=O)N2CCC(c3ccc4c(c3)CN(C3CCC(=O)NC3=O)C4=O)CC2)[nH]c2ncccc12. The fourth-order valence-electron chi connectivity index (χ4n) is 5.79. The number of aromatic amines is 1. The van der Waals surface area contributed by atoms with Crippen molar-refractivity contribution in [2.24, 2.45) is 0 Å². The quantitative estimate of drug-likeness (QED) is 0.554. The lowest BCUT2D eigenvalue weighted by molar-refractivity contribution is -0.136. The Morgan fingerprint density at radius 2 is 1.89 bits per heavy atom. The summed E-state index contributed by atoms with van der Waals surface area (Å²) in [6.07, 6.45) is 4.00. The molecule has 9 heteroatoms. The highest BCUT2D eigenvalue weighted by atomic mass is 16.2. The van der Waals surface area contributed by atoms with E-state index in [4.69, 9.17) is 0 Å². The van der Waals surface area contributed by atoms with Crippen LogP contribution in [0.4, 0.5) is 0 Å². The molecule has 1 unspecified atom stereocenters. The molecule has 0 bridgehead atoms. The number of nitrogens with one attached hydrogen (secondary N) is 2. The molecule has 2 N–H and O–H groups in total. The topological polar surface area (TPSA) is 115 Å². The molecular formula is C27H27N5O4. The van der Waals surface area contributed by atoms with E-state index >= 15 is 0 Å². The molecule has 0 spiro atoms. The van der Waals surface area contributed by atoms with Gasteiger partial charge in [-0.1, -0.05) is 12.1 Å². The number of imide groups is 1. The molecule has 2 saturated heterocycles. The van der Waals surface area contributed by atoms with Crippen LogP contribution < -0.4 is 5.32 Å². The van der Waals surface area contributed by atoms with Crippen LogP contribution in [0.25, 0.3) is 11.0 Å². The highest BCUT2D eigenvalue weighted by Gasteiger charge is 2.39. The molecule has 0 aliphatic carbocycles. The summed E-state index contributed by atoms with van der Waals surface area (Å²) < 4.78 is 0. The molecule has 6 rings (SSSR count). The minimum Gasteiger partial charge on any atom is -0.337 e. The van der Waals surface area contributed by atoms with Crippen molar-refractivity contribution in [2.75, 3.05) is 13.1 Å². The number of aryl methyl sites for hydroxylation is 1. The van der Waals surface area contributed by atoms with Gasteiger partial charge in [0.15, 0.2) is 0 Å². The second-order valence-corrected chi connectivity index (χ2v) is 9.91. The molecule has 2 fully saturated rings. The zero-order valence-corrected chi connectivity index (χ0v) is 20.0. The Bertz CT molecular complexity index is 1420. The van der Waals surface area contributed by atoms with Gasteiger partial charge in [0.2, 0.25) is 11.8 Å². The van der Waals surface area contributed by atoms with Crippen LogP contribution in [-0.4, -0.2) is 62.5 Å². The Hall–Kier alpha value is -4.01. The summed E-state index contributed by atoms with van der Waals surface area (Å²) in [6, 6.07) is 9.17. The van der Waals surface area contributed by atoms with E-state index < -0.39 is 11.9 Å². The number of carbonyl (C=O) groups excluding carboxylic acids is 4. The van der Waals surface area contributed by atoms with Crippen LogP contribution in [0.1, 0.15) is 69.1 Å². The smallest absolute Gasteiger partial charge is 0.270 e. The third kappa shape index (κ3) is 3.66. The van der Waals surface area contributed by atoms with Gasteiger partial charge in [0.05, 0.1) is 0 Å². The molecule has 0 saturated carbocycles. The van der Waals surface area contributed by atoms with Crippen molar-refractivity contribution in [2.45, 2.75) is 51.1 Å². The maximum atomic E-state index is 13.2. The maximum absolute atomic E-state index is 13.2. The first-order valence-electron chi connectivity index (χ1n) is 12.4. The van der Waals surface area contributed by atoms with Crippen molar-refractivity contribution in [3.63, 3.8) is 0 Å². The van der Waals surface area contributed by atoms with Crippen molar-refractivity contribution < 1.29 is 19.2 Å². The van der Waals surface area contributed by atoms with E-state index in [1.54, 1.807) is 11.1 Å². The normalized spacial score (nSPS) is 20.7. The molecule has 3 aliphatic rings. The predicted molar refractivity (Wildman–Crippen MR) is 131 cm³/mol. The molecule has 0 radical (unpaired) electrons. The number of benzene rings is 1. The summed E-state index contributed by atoms with van der Waals surface area (Å²) in [5.74, 6) is -0.544. The fraction of sp³-hybridized carbons (Fsp3) is 0.370. The summed E-state index contributed by atoms with van der Waals surface area (Å²) in [6.45, 7) is 3.64. The average molecular weight is 486 g/mol. The standard InChI is InChI=1S/C27H27N5O4/c1-15-19-3-2-10-28-24(19)30-23(15)27(36)31-11-8-16(9-12-31)17-4-5-20-18(13-17)14-32(26(20)35)21-6-7-22(33)29-25(21)34/h2-5,10,13,16,21H,6-9,11-12,14H2,1H3,(H,28,30)(H,29,33,34). The predicted octanol–water partition coefficient (Wildman–Crippen LogP) is 2.65. The molecule has 3 aliphatic heterocycles. The number of likely N-dealkylation sites (tertiary alicyclic amines) is 1. The number of hydrogen-bond donors (Lipinski definition) is 2. The van der Waals surface area contributed by atoms with Gasteiger partial charge in [0, 0.05) is 43.2 Å². The zero-order chi connectivity index (χ0) is 25.0. The third-order valence-corrected chi connectivity index (χ3v) is 7.85. The molecule has 1 atom stereocenters. The van der Waals surface area contributed by atoms with Crippen molar-refractivity contribution in [3.8, 4) is 0 Å². The van der Waals surface area contributed by atoms with E-state index in [9.17, 15) is 19.2 Å². The Morgan fingerprint density at radius 1 is 1.08 bits per heavy atom. The molecule has 2 aromatic heterocycles. The van der Waals surface area contributed by atoms with Gasteiger partial charge in [-0.25, -0.2) is 4.98 Å². The van der Waals surface area contributed by atoms with Gasteiger partial charge in [-0.05, 0) is 67.0 Å². The monoisotopic (exact) mass is 485 g/mol. The average Bonchev–Trinajstić information content (AvgIpc) is 3.40. The van der Waals surface area contributed by atoms with Crippen LogP contribution in [0.3, 0.4) is 0 Å². The van der Waals surface area contributed by atoms with Crippen LogP contribution in [0.2, 0.25) is 0 Å². The molecule has 5 heterocycles. The number of pyridine rings is 1. The van der Waals surface area contributed by atoms with E-state index in [0.717, 1.165) is 40.6 Å². The zero-order valence-electron chi connectivity index (χ0n) is 20.0. The lowest BCUT2D eigenvalue weighted by Gasteiger charge is -2.32. The van der Waals surface area contributed by atoms with E-state index in [0.29, 0.717) is 43.2 Å². The van der Waals surface area contributed by atoms with Crippen molar-refractivity contribution in [1.29, 1.82) is 0 Å². The second kappa shape index (κ2) is 8.58. The van der Waals surface area contributed by atoms with Gasteiger partial charge in [-0.15, -0.1) is 0 Å². The molecule has 9 nitrogen and oxygen atoms in total. The van der Waals surface area contributed by atoms with E-state index in [-0.39, 0.29) is 24.1 Å². The molecular weight excluding hydrogens is 458 g/mol. The lowest BCUT2D eigenvalue weighted by Crippen LogP contribution is -2.52. The van der Waals surface area contributed by atoms with Gasteiger partial charge < -0.3 is 14.8 Å². The fourth-order valence-corrected chi connectivity index (χ4v) is 5.79. The maximum Gasteiger partial charge on any atom is 0.270 e. The number of H-pyrrole nitrogens is 1. The van der Waals surface area contributed by atoms with Crippen LogP contribution in [0, 0.1) is 6.92 Å². The summed E-state index contributed by atoms with van der Waals surface area (Å²) in [7, 11) is 0. The van der Waals surface area contributed by atoms with Crippen LogP contribution in [0.15, 0.2) is 36.5 Å². The Kier molecular flexibility index (Phi) is 5.35. The lowest BCUT2D eigenvalue weighted by atomic mass is 9.87. The molecule has 36 heavy (non-hydrogen) atoms. The van der Waals surface area contributed by atoms with Crippen molar-refractivity contribution in [1.82, 2.24) is 25.1 Å². The van der Waals surface area contributed by atoms with E-state index in [1.807, 2.05) is 36.1 Å². The van der Waals surface area contributed by atoms with Gasteiger partial charge in [0.1, 0.15) is 17.4 Å². The Morgan fingerprint density at radius 3 is 2.64 bits per heavy atom. The number of hydrogen-bond acceptors (Lipinski definition) is 5. The van der Waals surface area contributed by atoms with Gasteiger partial charge in [-0.3, -0.25) is 24.5 Å².